The standard InChI is InChI=1S/C11H18N2O3S/c14-10(9-6-17-4-3-12-9)13-8-2-1-7(5-8)11(15)16/h7-9,12H,1-6H2,(H,13,14)(H,15,16). The third-order valence-electron chi connectivity index (χ3n) is 3.37. The number of hydrogen-bond donors (Lipinski definition) is 3. The molecule has 1 saturated carbocycles. The van der Waals surface area contributed by atoms with Crippen LogP contribution in [0.2, 0.25) is 0 Å². The van der Waals surface area contributed by atoms with Crippen LogP contribution in [0, 0.1) is 5.92 Å². The van der Waals surface area contributed by atoms with Crippen LogP contribution in [0.1, 0.15) is 19.3 Å². The van der Waals surface area contributed by atoms with E-state index in [1.165, 1.54) is 0 Å². The van der Waals surface area contributed by atoms with E-state index in [4.69, 9.17) is 5.11 Å². The van der Waals surface area contributed by atoms with Gasteiger partial charge in [-0.3, -0.25) is 9.59 Å². The van der Waals surface area contributed by atoms with Gasteiger partial charge in [0.2, 0.25) is 5.91 Å². The van der Waals surface area contributed by atoms with Crippen molar-refractivity contribution < 1.29 is 14.7 Å². The van der Waals surface area contributed by atoms with Crippen LogP contribution in [0.15, 0.2) is 0 Å². The number of carboxylic acid groups (broad SMARTS) is 1. The molecule has 1 aliphatic carbocycles. The Balaban J connectivity index is 1.77. The number of hydrogen-bond acceptors (Lipinski definition) is 4. The molecule has 0 bridgehead atoms. The molecule has 1 heterocycles. The highest BCUT2D eigenvalue weighted by Gasteiger charge is 2.32. The fraction of sp³-hybridized carbons (Fsp3) is 0.818. The number of carbonyl (C=O) groups excluding carboxylic acids is 1. The zero-order chi connectivity index (χ0) is 12.3. The van der Waals surface area contributed by atoms with Crippen molar-refractivity contribution in [3.63, 3.8) is 0 Å². The van der Waals surface area contributed by atoms with Crippen LogP contribution >= 0.6 is 11.8 Å². The summed E-state index contributed by atoms with van der Waals surface area (Å²) in [6, 6.07) is -0.0741. The molecule has 0 aromatic carbocycles. The number of thioether (sulfide) groups is 1. The van der Waals surface area contributed by atoms with Gasteiger partial charge in [0.05, 0.1) is 12.0 Å². The lowest BCUT2D eigenvalue weighted by Crippen LogP contribution is -2.51. The van der Waals surface area contributed by atoms with E-state index >= 15 is 0 Å². The molecule has 3 unspecified atom stereocenters. The van der Waals surface area contributed by atoms with E-state index in [0.717, 1.165) is 24.5 Å². The second-order valence-electron chi connectivity index (χ2n) is 4.64. The molecule has 6 heteroatoms. The van der Waals surface area contributed by atoms with Crippen molar-refractivity contribution in [3.8, 4) is 0 Å². The Morgan fingerprint density at radius 1 is 1.35 bits per heavy atom. The van der Waals surface area contributed by atoms with Gasteiger partial charge in [-0.15, -0.1) is 0 Å². The normalized spacial score (nSPS) is 33.3. The molecule has 5 nitrogen and oxygen atoms in total. The van der Waals surface area contributed by atoms with Gasteiger partial charge in [-0.1, -0.05) is 0 Å². The zero-order valence-electron chi connectivity index (χ0n) is 9.65. The molecule has 96 valence electrons. The molecule has 0 spiro atoms. The number of carboxylic acids is 1. The fourth-order valence-corrected chi connectivity index (χ4v) is 3.31. The topological polar surface area (TPSA) is 78.4 Å². The third kappa shape index (κ3) is 3.35. The van der Waals surface area contributed by atoms with Gasteiger partial charge in [0.25, 0.3) is 0 Å². The summed E-state index contributed by atoms with van der Waals surface area (Å²) < 4.78 is 0. The highest BCUT2D eigenvalue weighted by molar-refractivity contribution is 7.99. The molecule has 0 aromatic heterocycles. The molecule has 0 radical (unpaired) electrons. The molecule has 1 amide bonds. The van der Waals surface area contributed by atoms with Crippen LogP contribution in [0.5, 0.6) is 0 Å². The van der Waals surface area contributed by atoms with Gasteiger partial charge in [-0.25, -0.2) is 0 Å². The summed E-state index contributed by atoms with van der Waals surface area (Å²) in [6.45, 7) is 0.866. The van der Waals surface area contributed by atoms with E-state index in [-0.39, 0.29) is 23.9 Å². The van der Waals surface area contributed by atoms with Crippen molar-refractivity contribution in [1.29, 1.82) is 0 Å². The molecule has 0 aromatic rings. The van der Waals surface area contributed by atoms with Crippen molar-refractivity contribution in [2.45, 2.75) is 31.3 Å². The highest BCUT2D eigenvalue weighted by atomic mass is 32.2. The molecule has 2 aliphatic rings. The van der Waals surface area contributed by atoms with Crippen LogP contribution in [-0.2, 0) is 9.59 Å². The number of rotatable bonds is 3. The van der Waals surface area contributed by atoms with Crippen LogP contribution in [0.25, 0.3) is 0 Å². The molecule has 17 heavy (non-hydrogen) atoms. The van der Waals surface area contributed by atoms with E-state index in [9.17, 15) is 9.59 Å². The summed E-state index contributed by atoms with van der Waals surface area (Å²) in [7, 11) is 0. The number of amides is 1. The summed E-state index contributed by atoms with van der Waals surface area (Å²) in [5, 5.41) is 15.0. The maximum absolute atomic E-state index is 11.9. The van der Waals surface area contributed by atoms with Crippen molar-refractivity contribution in [1.82, 2.24) is 10.6 Å². The Morgan fingerprint density at radius 3 is 2.76 bits per heavy atom. The minimum Gasteiger partial charge on any atom is -0.481 e. The van der Waals surface area contributed by atoms with Crippen LogP contribution in [0.4, 0.5) is 0 Å². The van der Waals surface area contributed by atoms with E-state index in [1.807, 2.05) is 0 Å². The van der Waals surface area contributed by atoms with Crippen LogP contribution in [0.3, 0.4) is 0 Å². The fourth-order valence-electron chi connectivity index (χ4n) is 2.37. The van der Waals surface area contributed by atoms with Gasteiger partial charge in [0.1, 0.15) is 0 Å². The Morgan fingerprint density at radius 2 is 2.18 bits per heavy atom. The van der Waals surface area contributed by atoms with Crippen molar-refractivity contribution in [3.05, 3.63) is 0 Å². The summed E-state index contributed by atoms with van der Waals surface area (Å²) in [4.78, 5) is 22.7. The molecular formula is C11H18N2O3S. The second-order valence-corrected chi connectivity index (χ2v) is 5.79. The second kappa shape index (κ2) is 5.73. The Bertz CT molecular complexity index is 305. The predicted molar refractivity (Wildman–Crippen MR) is 66.0 cm³/mol. The third-order valence-corrected chi connectivity index (χ3v) is 4.43. The minimum atomic E-state index is -0.743. The van der Waals surface area contributed by atoms with E-state index < -0.39 is 5.97 Å². The Labute approximate surface area is 105 Å². The summed E-state index contributed by atoms with van der Waals surface area (Å²) in [6.07, 6.45) is 2.02. The summed E-state index contributed by atoms with van der Waals surface area (Å²) in [5.41, 5.74) is 0. The quantitative estimate of drug-likeness (QED) is 0.667. The van der Waals surface area contributed by atoms with Gasteiger partial charge >= 0.3 is 5.97 Å². The van der Waals surface area contributed by atoms with Gasteiger partial charge in [0, 0.05) is 24.1 Å². The lowest BCUT2D eigenvalue weighted by atomic mass is 10.1. The largest absolute Gasteiger partial charge is 0.481 e. The first-order valence-electron chi connectivity index (χ1n) is 6.01. The highest BCUT2D eigenvalue weighted by Crippen LogP contribution is 2.25. The SMILES string of the molecule is O=C(O)C1CCC(NC(=O)C2CSCCN2)C1. The Kier molecular flexibility index (Phi) is 4.28. The summed E-state index contributed by atoms with van der Waals surface area (Å²) in [5.74, 6) is 0.852. The lowest BCUT2D eigenvalue weighted by molar-refractivity contribution is -0.141. The number of carbonyl (C=O) groups is 2. The molecule has 1 saturated heterocycles. The molecular weight excluding hydrogens is 240 g/mol. The molecule has 3 N–H and O–H groups in total. The van der Waals surface area contributed by atoms with Gasteiger partial charge in [0.15, 0.2) is 0 Å². The maximum Gasteiger partial charge on any atom is 0.306 e. The maximum atomic E-state index is 11.9. The predicted octanol–water partition coefficient (Wildman–Crippen LogP) is 0.0609. The lowest BCUT2D eigenvalue weighted by Gasteiger charge is -2.24. The Hall–Kier alpha value is -0.750. The van der Waals surface area contributed by atoms with Gasteiger partial charge < -0.3 is 15.7 Å². The monoisotopic (exact) mass is 258 g/mol. The van der Waals surface area contributed by atoms with E-state index in [2.05, 4.69) is 10.6 Å². The van der Waals surface area contributed by atoms with Crippen LogP contribution in [-0.4, -0.2) is 47.1 Å². The van der Waals surface area contributed by atoms with Crippen molar-refractivity contribution in [2.75, 3.05) is 18.1 Å². The molecule has 2 rings (SSSR count). The van der Waals surface area contributed by atoms with Gasteiger partial charge in [-0.2, -0.15) is 11.8 Å². The number of aliphatic carboxylic acids is 1. The molecule has 3 atom stereocenters. The average molecular weight is 258 g/mol. The van der Waals surface area contributed by atoms with E-state index in [0.29, 0.717) is 12.8 Å². The molecule has 1 aliphatic heterocycles. The minimum absolute atomic E-state index is 0.0215. The molecule has 2 fully saturated rings. The number of nitrogens with one attached hydrogen (secondary N) is 2. The summed E-state index contributed by atoms with van der Waals surface area (Å²) >= 11 is 1.78. The van der Waals surface area contributed by atoms with Crippen molar-refractivity contribution >= 4 is 23.6 Å². The first kappa shape index (κ1) is 12.7. The first-order chi connectivity index (χ1) is 8.16. The van der Waals surface area contributed by atoms with Gasteiger partial charge in [-0.05, 0) is 19.3 Å². The van der Waals surface area contributed by atoms with Crippen molar-refractivity contribution in [2.24, 2.45) is 5.92 Å². The smallest absolute Gasteiger partial charge is 0.306 e. The van der Waals surface area contributed by atoms with E-state index in [1.54, 1.807) is 11.8 Å². The first-order valence-corrected chi connectivity index (χ1v) is 7.16. The zero-order valence-corrected chi connectivity index (χ0v) is 10.5. The average Bonchev–Trinajstić information content (AvgIpc) is 2.79. The van der Waals surface area contributed by atoms with Crippen LogP contribution < -0.4 is 10.6 Å².